The predicted molar refractivity (Wildman–Crippen MR) is 145 cm³/mol. The molecular formula is C29H31ClN4O3. The lowest BCUT2D eigenvalue weighted by Crippen LogP contribution is -2.39. The first kappa shape index (κ1) is 26.2. The van der Waals surface area contributed by atoms with Gasteiger partial charge in [-0.2, -0.15) is 5.10 Å². The van der Waals surface area contributed by atoms with Crippen LogP contribution in [0.4, 0.5) is 5.82 Å². The lowest BCUT2D eigenvalue weighted by molar-refractivity contribution is -0.135. The van der Waals surface area contributed by atoms with Crippen LogP contribution in [0, 0.1) is 6.92 Å². The van der Waals surface area contributed by atoms with Crippen molar-refractivity contribution >= 4 is 29.2 Å². The molecule has 0 saturated heterocycles. The number of halogens is 1. The highest BCUT2D eigenvalue weighted by molar-refractivity contribution is 6.30. The summed E-state index contributed by atoms with van der Waals surface area (Å²) in [6.07, 6.45) is 1.53. The lowest BCUT2D eigenvalue weighted by Gasteiger charge is -2.24. The van der Waals surface area contributed by atoms with Crippen LogP contribution in [0.3, 0.4) is 0 Å². The number of carbonyl (C=O) groups excluding carboxylic acids is 2. The Kier molecular flexibility index (Phi) is 7.83. The van der Waals surface area contributed by atoms with Gasteiger partial charge in [0.1, 0.15) is 23.5 Å². The molecule has 1 atom stereocenters. The molecule has 37 heavy (non-hydrogen) atoms. The number of anilines is 1. The number of amides is 2. The molecule has 2 aromatic heterocycles. The maximum Gasteiger partial charge on any atom is 0.246 e. The van der Waals surface area contributed by atoms with Crippen LogP contribution >= 0.6 is 11.6 Å². The maximum atomic E-state index is 13.4. The smallest absolute Gasteiger partial charge is 0.246 e. The number of nitrogens with one attached hydrogen (secondary N) is 1. The second-order valence-electron chi connectivity index (χ2n) is 9.96. The fraction of sp³-hybridized carbons (Fsp3) is 0.276. The van der Waals surface area contributed by atoms with Crippen molar-refractivity contribution in [1.29, 1.82) is 0 Å². The van der Waals surface area contributed by atoms with Crippen molar-refractivity contribution in [2.24, 2.45) is 0 Å². The van der Waals surface area contributed by atoms with Gasteiger partial charge in [0.15, 0.2) is 0 Å². The van der Waals surface area contributed by atoms with Crippen molar-refractivity contribution < 1.29 is 14.0 Å². The summed E-state index contributed by atoms with van der Waals surface area (Å²) in [5.41, 5.74) is 3.15. The Hall–Kier alpha value is -3.84. The number of rotatable bonds is 8. The van der Waals surface area contributed by atoms with Crippen LogP contribution in [-0.4, -0.2) is 33.0 Å². The van der Waals surface area contributed by atoms with Gasteiger partial charge in [0.25, 0.3) is 0 Å². The number of furan rings is 1. The van der Waals surface area contributed by atoms with Crippen molar-refractivity contribution in [3.63, 3.8) is 0 Å². The monoisotopic (exact) mass is 518 g/mol. The second-order valence-corrected chi connectivity index (χ2v) is 10.4. The molecule has 1 unspecified atom stereocenters. The minimum absolute atomic E-state index is 0.111. The fourth-order valence-corrected chi connectivity index (χ4v) is 4.19. The summed E-state index contributed by atoms with van der Waals surface area (Å²) in [4.78, 5) is 28.1. The fourth-order valence-electron chi connectivity index (χ4n) is 3.90. The molecule has 2 amide bonds. The van der Waals surface area contributed by atoms with E-state index in [-0.39, 0.29) is 30.3 Å². The molecule has 0 radical (unpaired) electrons. The molecule has 0 aliphatic heterocycles. The summed E-state index contributed by atoms with van der Waals surface area (Å²) >= 11 is 6.54. The van der Waals surface area contributed by atoms with E-state index in [2.05, 4.69) is 26.1 Å². The Balaban J connectivity index is 1.60. The highest BCUT2D eigenvalue weighted by Crippen LogP contribution is 2.28. The van der Waals surface area contributed by atoms with E-state index >= 15 is 0 Å². The highest BCUT2D eigenvalue weighted by Gasteiger charge is 2.28. The first-order valence-electron chi connectivity index (χ1n) is 12.1. The van der Waals surface area contributed by atoms with Crippen LogP contribution in [0.2, 0.25) is 0 Å². The van der Waals surface area contributed by atoms with Crippen molar-refractivity contribution in [2.45, 2.75) is 45.0 Å². The van der Waals surface area contributed by atoms with Crippen molar-refractivity contribution in [3.05, 3.63) is 102 Å². The number of aryl methyl sites for hydroxylation is 1. The first-order chi connectivity index (χ1) is 17.6. The van der Waals surface area contributed by atoms with Gasteiger partial charge in [0.2, 0.25) is 11.8 Å². The summed E-state index contributed by atoms with van der Waals surface area (Å²) in [6, 6.07) is 22.3. The molecule has 2 heterocycles. The summed E-state index contributed by atoms with van der Waals surface area (Å²) in [7, 11) is 0. The molecule has 0 aliphatic carbocycles. The number of hydrogen-bond donors (Lipinski definition) is 1. The molecule has 0 spiro atoms. The van der Waals surface area contributed by atoms with E-state index in [1.54, 1.807) is 28.9 Å². The van der Waals surface area contributed by atoms with Crippen molar-refractivity contribution in [2.75, 3.05) is 11.9 Å². The zero-order chi connectivity index (χ0) is 26.6. The number of carbonyl (C=O) groups is 2. The zero-order valence-electron chi connectivity index (χ0n) is 21.4. The molecule has 0 bridgehead atoms. The Labute approximate surface area is 222 Å². The molecule has 192 valence electrons. The van der Waals surface area contributed by atoms with Gasteiger partial charge in [0.05, 0.1) is 24.2 Å². The van der Waals surface area contributed by atoms with Crippen LogP contribution in [0.25, 0.3) is 5.69 Å². The number of hydrogen-bond acceptors (Lipinski definition) is 4. The highest BCUT2D eigenvalue weighted by atomic mass is 35.5. The molecule has 0 saturated carbocycles. The summed E-state index contributed by atoms with van der Waals surface area (Å²) in [5.74, 6) is 0.326. The summed E-state index contributed by atoms with van der Waals surface area (Å²) in [5, 5.41) is 6.82. The van der Waals surface area contributed by atoms with E-state index in [0.29, 0.717) is 17.1 Å². The number of nitrogens with zero attached hydrogens (tertiary/aromatic N) is 3. The summed E-state index contributed by atoms with van der Waals surface area (Å²) < 4.78 is 7.18. The van der Waals surface area contributed by atoms with E-state index < -0.39 is 5.38 Å². The number of aromatic nitrogens is 2. The standard InChI is InChI=1S/C29H31ClN4O3/c1-20-11-8-9-15-23(20)34-25(17-24(32-34)29(2,3)4)31-26(35)19-33(18-22-14-10-16-37-22)28(36)27(30)21-12-6-5-7-13-21/h5-17,27H,18-19H2,1-4H3,(H,31,35). The molecule has 1 N–H and O–H groups in total. The normalized spacial score (nSPS) is 12.2. The maximum absolute atomic E-state index is 13.4. The molecular weight excluding hydrogens is 488 g/mol. The molecule has 0 aliphatic rings. The lowest BCUT2D eigenvalue weighted by atomic mass is 9.92. The second kappa shape index (κ2) is 11.0. The van der Waals surface area contributed by atoms with Crippen LogP contribution in [0.15, 0.2) is 83.5 Å². The molecule has 8 heteroatoms. The molecule has 4 rings (SSSR count). The van der Waals surface area contributed by atoms with Gasteiger partial charge in [-0.25, -0.2) is 4.68 Å². The molecule has 4 aromatic rings. The number of para-hydroxylation sites is 1. The third kappa shape index (κ3) is 6.30. The van der Waals surface area contributed by atoms with E-state index in [1.807, 2.05) is 55.5 Å². The van der Waals surface area contributed by atoms with E-state index in [1.165, 1.54) is 11.2 Å². The Bertz CT molecular complexity index is 1360. The minimum atomic E-state index is -0.936. The average Bonchev–Trinajstić information content (AvgIpc) is 3.53. The van der Waals surface area contributed by atoms with Crippen molar-refractivity contribution in [1.82, 2.24) is 14.7 Å². The predicted octanol–water partition coefficient (Wildman–Crippen LogP) is 6.02. The van der Waals surface area contributed by atoms with Gasteiger partial charge in [-0.05, 0) is 36.2 Å². The minimum Gasteiger partial charge on any atom is -0.467 e. The van der Waals surface area contributed by atoms with Gasteiger partial charge >= 0.3 is 0 Å². The Morgan fingerprint density at radius 3 is 2.41 bits per heavy atom. The van der Waals surface area contributed by atoms with Gasteiger partial charge in [-0.15, -0.1) is 11.6 Å². The van der Waals surface area contributed by atoms with Gasteiger partial charge in [0, 0.05) is 11.5 Å². The van der Waals surface area contributed by atoms with E-state index in [9.17, 15) is 9.59 Å². The Morgan fingerprint density at radius 2 is 1.76 bits per heavy atom. The van der Waals surface area contributed by atoms with Gasteiger partial charge in [-0.3, -0.25) is 9.59 Å². The number of alkyl halides is 1. The number of benzene rings is 2. The third-order valence-corrected chi connectivity index (χ3v) is 6.41. The molecule has 2 aromatic carbocycles. The van der Waals surface area contributed by atoms with Crippen molar-refractivity contribution in [3.8, 4) is 5.69 Å². The largest absolute Gasteiger partial charge is 0.467 e. The van der Waals surface area contributed by atoms with Crippen LogP contribution in [0.1, 0.15) is 48.7 Å². The zero-order valence-corrected chi connectivity index (χ0v) is 22.2. The van der Waals surface area contributed by atoms with Crippen LogP contribution in [-0.2, 0) is 21.5 Å². The van der Waals surface area contributed by atoms with E-state index in [0.717, 1.165) is 16.9 Å². The SMILES string of the molecule is Cc1ccccc1-n1nc(C(C)(C)C)cc1NC(=O)CN(Cc1ccco1)C(=O)C(Cl)c1ccccc1. The van der Waals surface area contributed by atoms with Crippen LogP contribution < -0.4 is 5.32 Å². The molecule has 0 fully saturated rings. The van der Waals surface area contributed by atoms with E-state index in [4.69, 9.17) is 21.1 Å². The Morgan fingerprint density at radius 1 is 1.05 bits per heavy atom. The topological polar surface area (TPSA) is 80.4 Å². The quantitative estimate of drug-likeness (QED) is 0.289. The summed E-state index contributed by atoms with van der Waals surface area (Å²) in [6.45, 7) is 8.09. The van der Waals surface area contributed by atoms with Gasteiger partial charge in [-0.1, -0.05) is 69.3 Å². The third-order valence-electron chi connectivity index (χ3n) is 5.97. The van der Waals surface area contributed by atoms with Gasteiger partial charge < -0.3 is 14.6 Å². The molecule has 7 nitrogen and oxygen atoms in total. The average molecular weight is 519 g/mol. The first-order valence-corrected chi connectivity index (χ1v) is 12.5. The van der Waals surface area contributed by atoms with Crippen LogP contribution in [0.5, 0.6) is 0 Å².